The monoisotopic (exact) mass is 448 g/mol. The molecule has 32 heavy (non-hydrogen) atoms. The van der Waals surface area contributed by atoms with Crippen LogP contribution in [0.2, 0.25) is 0 Å². The maximum atomic E-state index is 13.6. The number of nitrogens with one attached hydrogen (secondary N) is 1. The molecule has 0 radical (unpaired) electrons. The van der Waals surface area contributed by atoms with Gasteiger partial charge in [0.2, 0.25) is 0 Å². The van der Waals surface area contributed by atoms with Crippen molar-refractivity contribution in [2.24, 2.45) is 0 Å². The van der Waals surface area contributed by atoms with Gasteiger partial charge in [-0.25, -0.2) is 9.36 Å². The number of H-pyrrole nitrogens is 1. The quantitative estimate of drug-likeness (QED) is 0.358. The number of aryl methyl sites for hydroxylation is 1. The van der Waals surface area contributed by atoms with Gasteiger partial charge in [0, 0.05) is 16.5 Å². The Morgan fingerprint density at radius 1 is 1.06 bits per heavy atom. The van der Waals surface area contributed by atoms with Gasteiger partial charge < -0.3 is 4.74 Å². The molecule has 1 N–H and O–H groups in total. The molecule has 2 aromatic carbocycles. The van der Waals surface area contributed by atoms with Crippen molar-refractivity contribution in [3.8, 4) is 11.1 Å². The highest BCUT2D eigenvalue weighted by Gasteiger charge is 2.29. The summed E-state index contributed by atoms with van der Waals surface area (Å²) in [7, 11) is 1.19. The Hall–Kier alpha value is -3.78. The highest BCUT2D eigenvalue weighted by molar-refractivity contribution is 7.17. The van der Waals surface area contributed by atoms with Crippen molar-refractivity contribution < 1.29 is 14.3 Å². The summed E-state index contributed by atoms with van der Waals surface area (Å²) in [6.45, 7) is 1.96. The van der Waals surface area contributed by atoms with Crippen molar-refractivity contribution in [2.45, 2.75) is 19.4 Å². The molecular weight excluding hydrogens is 428 g/mol. The van der Waals surface area contributed by atoms with E-state index in [-0.39, 0.29) is 5.56 Å². The Labute approximate surface area is 186 Å². The highest BCUT2D eigenvalue weighted by atomic mass is 32.1. The van der Waals surface area contributed by atoms with Gasteiger partial charge in [0.15, 0.2) is 5.78 Å². The Morgan fingerprint density at radius 2 is 1.75 bits per heavy atom. The van der Waals surface area contributed by atoms with E-state index in [9.17, 15) is 19.2 Å². The number of aromatic amines is 1. The molecule has 2 heterocycles. The molecule has 0 bridgehead atoms. The van der Waals surface area contributed by atoms with E-state index in [4.69, 9.17) is 4.74 Å². The van der Waals surface area contributed by atoms with Gasteiger partial charge in [-0.3, -0.25) is 19.4 Å². The predicted octanol–water partition coefficient (Wildman–Crippen LogP) is 3.71. The first-order valence-corrected chi connectivity index (χ1v) is 10.8. The Balaban J connectivity index is 1.93. The number of rotatable bonds is 6. The molecule has 0 spiro atoms. The molecule has 0 aliphatic carbocycles. The number of Topliss-reactive ketones (excluding diaryl/α,β-unsaturated/α-hetero) is 1. The van der Waals surface area contributed by atoms with E-state index in [0.29, 0.717) is 15.8 Å². The van der Waals surface area contributed by atoms with Crippen molar-refractivity contribution >= 4 is 33.3 Å². The molecule has 1 unspecified atom stereocenters. The van der Waals surface area contributed by atoms with Crippen LogP contribution in [0.25, 0.3) is 21.3 Å². The second kappa shape index (κ2) is 8.76. The largest absolute Gasteiger partial charge is 0.469 e. The normalized spacial score (nSPS) is 11.9. The number of nitrogens with zero attached hydrogens (tertiary/aromatic N) is 1. The third-order valence-corrected chi connectivity index (χ3v) is 6.18. The van der Waals surface area contributed by atoms with Gasteiger partial charge in [0.25, 0.3) is 5.56 Å². The summed E-state index contributed by atoms with van der Waals surface area (Å²) in [6.07, 6.45) is -0.442. The van der Waals surface area contributed by atoms with Crippen LogP contribution in [0.3, 0.4) is 0 Å². The molecule has 4 rings (SSSR count). The van der Waals surface area contributed by atoms with Crippen molar-refractivity contribution in [1.82, 2.24) is 9.55 Å². The van der Waals surface area contributed by atoms with E-state index in [1.165, 1.54) is 18.4 Å². The second-order valence-electron chi connectivity index (χ2n) is 7.35. The predicted molar refractivity (Wildman–Crippen MR) is 123 cm³/mol. The van der Waals surface area contributed by atoms with Crippen molar-refractivity contribution in [2.75, 3.05) is 7.11 Å². The van der Waals surface area contributed by atoms with E-state index >= 15 is 0 Å². The summed E-state index contributed by atoms with van der Waals surface area (Å²) in [5.74, 6) is -1.22. The van der Waals surface area contributed by atoms with Gasteiger partial charge in [-0.2, -0.15) is 0 Å². The van der Waals surface area contributed by atoms with E-state index < -0.39 is 35.5 Å². The van der Waals surface area contributed by atoms with E-state index in [0.717, 1.165) is 15.7 Å². The van der Waals surface area contributed by atoms with Crippen LogP contribution in [-0.2, 0) is 9.53 Å². The fourth-order valence-corrected chi connectivity index (χ4v) is 4.55. The molecule has 0 fully saturated rings. The SMILES string of the molecule is COC(=O)CC(C(=O)c1ccccc1)n1c(=O)[nH]c2scc(-c3ccc(C)cc3)c2c1=O. The lowest BCUT2D eigenvalue weighted by Gasteiger charge is -2.17. The average molecular weight is 449 g/mol. The van der Waals surface area contributed by atoms with Crippen LogP contribution in [0.1, 0.15) is 28.4 Å². The number of methoxy groups -OCH3 is 1. The molecule has 0 saturated heterocycles. The number of carbonyl (C=O) groups excluding carboxylic acids is 2. The number of ether oxygens (including phenoxy) is 1. The summed E-state index contributed by atoms with van der Waals surface area (Å²) in [5, 5.41) is 2.10. The first-order valence-electron chi connectivity index (χ1n) is 9.90. The molecule has 0 aliphatic heterocycles. The number of benzene rings is 2. The standard InChI is InChI=1S/C24H20N2O5S/c1-14-8-10-15(11-9-14)17-13-32-22-20(17)23(29)26(24(30)25-22)18(12-19(27)31-2)21(28)16-6-4-3-5-7-16/h3-11,13,18H,12H2,1-2H3,(H,25,30). The smallest absolute Gasteiger partial charge is 0.330 e. The molecule has 7 nitrogen and oxygen atoms in total. The highest BCUT2D eigenvalue weighted by Crippen LogP contribution is 2.31. The number of ketones is 1. The molecular formula is C24H20N2O5S. The van der Waals surface area contributed by atoms with Gasteiger partial charge in [-0.1, -0.05) is 60.2 Å². The minimum atomic E-state index is -1.34. The summed E-state index contributed by atoms with van der Waals surface area (Å²) in [5.41, 5.74) is 1.46. The summed E-state index contributed by atoms with van der Waals surface area (Å²) < 4.78 is 5.56. The van der Waals surface area contributed by atoms with E-state index in [1.807, 2.05) is 31.2 Å². The first kappa shape index (κ1) is 21.5. The lowest BCUT2D eigenvalue weighted by Crippen LogP contribution is -2.41. The van der Waals surface area contributed by atoms with Gasteiger partial charge in [0.1, 0.15) is 10.9 Å². The van der Waals surface area contributed by atoms with Crippen molar-refractivity contribution in [3.63, 3.8) is 0 Å². The van der Waals surface area contributed by atoms with Crippen LogP contribution in [-0.4, -0.2) is 28.4 Å². The van der Waals surface area contributed by atoms with Crippen LogP contribution >= 0.6 is 11.3 Å². The number of carbonyl (C=O) groups is 2. The molecule has 0 saturated carbocycles. The molecule has 162 valence electrons. The molecule has 1 atom stereocenters. The minimum absolute atomic E-state index is 0.289. The Morgan fingerprint density at radius 3 is 2.41 bits per heavy atom. The number of aromatic nitrogens is 2. The summed E-state index contributed by atoms with van der Waals surface area (Å²) >= 11 is 1.24. The molecule has 2 aromatic heterocycles. The number of hydrogen-bond acceptors (Lipinski definition) is 6. The van der Waals surface area contributed by atoms with E-state index in [2.05, 4.69) is 4.98 Å². The third-order valence-electron chi connectivity index (χ3n) is 5.29. The van der Waals surface area contributed by atoms with Gasteiger partial charge in [-0.05, 0) is 12.5 Å². The van der Waals surface area contributed by atoms with Crippen molar-refractivity contribution in [1.29, 1.82) is 0 Å². The van der Waals surface area contributed by atoms with Crippen LogP contribution in [0.15, 0.2) is 69.6 Å². The van der Waals surface area contributed by atoms with Gasteiger partial charge in [-0.15, -0.1) is 11.3 Å². The maximum Gasteiger partial charge on any atom is 0.330 e. The van der Waals surface area contributed by atoms with Crippen LogP contribution < -0.4 is 11.2 Å². The van der Waals surface area contributed by atoms with Crippen molar-refractivity contribution in [3.05, 3.63) is 91.9 Å². The molecule has 0 aliphatic rings. The van der Waals surface area contributed by atoms with Gasteiger partial charge in [0.05, 0.1) is 18.9 Å². The maximum absolute atomic E-state index is 13.6. The minimum Gasteiger partial charge on any atom is -0.469 e. The third kappa shape index (κ3) is 3.92. The fourth-order valence-electron chi connectivity index (χ4n) is 3.60. The number of esters is 1. The topological polar surface area (TPSA) is 98.2 Å². The number of thiophene rings is 1. The summed E-state index contributed by atoms with van der Waals surface area (Å²) in [6, 6.07) is 14.6. The molecule has 8 heteroatoms. The fraction of sp³-hybridized carbons (Fsp3) is 0.167. The lowest BCUT2D eigenvalue weighted by molar-refractivity contribution is -0.141. The molecule has 0 amide bonds. The van der Waals surface area contributed by atoms with E-state index in [1.54, 1.807) is 35.7 Å². The first-order chi connectivity index (χ1) is 15.4. The van der Waals surface area contributed by atoms with Gasteiger partial charge >= 0.3 is 11.7 Å². The Bertz CT molecular complexity index is 1420. The zero-order chi connectivity index (χ0) is 22.8. The van der Waals surface area contributed by atoms with Crippen LogP contribution in [0, 0.1) is 6.92 Å². The number of fused-ring (bicyclic) bond motifs is 1. The summed E-state index contributed by atoms with van der Waals surface area (Å²) in [4.78, 5) is 54.9. The second-order valence-corrected chi connectivity index (χ2v) is 8.23. The van der Waals surface area contributed by atoms with Crippen LogP contribution in [0.5, 0.6) is 0 Å². The number of hydrogen-bond donors (Lipinski definition) is 1. The van der Waals surface area contributed by atoms with Crippen LogP contribution in [0.4, 0.5) is 0 Å². The lowest BCUT2D eigenvalue weighted by atomic mass is 10.0. The molecule has 4 aromatic rings. The average Bonchev–Trinajstić information content (AvgIpc) is 3.22. The Kier molecular flexibility index (Phi) is 5.87. The zero-order valence-electron chi connectivity index (χ0n) is 17.5. The zero-order valence-corrected chi connectivity index (χ0v) is 18.3.